The zero-order valence-corrected chi connectivity index (χ0v) is 18.4. The van der Waals surface area contributed by atoms with Crippen LogP contribution < -0.4 is 9.47 Å². The largest absolute Gasteiger partial charge is 0.489 e. The summed E-state index contributed by atoms with van der Waals surface area (Å²) in [4.78, 5) is 12.4. The van der Waals surface area contributed by atoms with Crippen LogP contribution in [0.15, 0.2) is 78.9 Å². The van der Waals surface area contributed by atoms with E-state index in [0.717, 1.165) is 17.7 Å². The quantitative estimate of drug-likeness (QED) is 0.175. The number of hydrogen-bond acceptors (Lipinski definition) is 3. The first kappa shape index (κ1) is 22.6. The average Bonchev–Trinajstić information content (AvgIpc) is 2.82. The lowest BCUT2D eigenvalue weighted by Crippen LogP contribution is -2.08. The first-order valence-corrected chi connectivity index (χ1v) is 11.3. The van der Waals surface area contributed by atoms with Crippen LogP contribution in [0.2, 0.25) is 0 Å². The molecule has 0 unspecified atom stereocenters. The second-order valence-electron chi connectivity index (χ2n) is 7.85. The Morgan fingerprint density at radius 2 is 1.32 bits per heavy atom. The molecule has 0 aliphatic carbocycles. The normalized spacial score (nSPS) is 10.6. The Balaban J connectivity index is 1.43. The predicted molar refractivity (Wildman–Crippen MR) is 126 cm³/mol. The van der Waals surface area contributed by atoms with Crippen LogP contribution in [-0.2, 0) is 13.0 Å². The van der Waals surface area contributed by atoms with E-state index >= 15 is 0 Å². The number of carbonyl (C=O) groups excluding carboxylic acids is 1. The second kappa shape index (κ2) is 12.6. The van der Waals surface area contributed by atoms with Gasteiger partial charge in [0.05, 0.1) is 5.56 Å². The van der Waals surface area contributed by atoms with E-state index in [2.05, 4.69) is 19.1 Å². The van der Waals surface area contributed by atoms with Gasteiger partial charge >= 0.3 is 5.97 Å². The van der Waals surface area contributed by atoms with E-state index < -0.39 is 0 Å². The minimum atomic E-state index is -0.363. The standard InChI is InChI=1S/C28H32O3/c1-2-3-4-5-6-8-11-23-14-18-27(19-15-23)31-28(29)25-16-20-26(21-17-25)30-22-24-12-9-7-10-13-24/h7,9-10,12-21H,2-6,8,11,22H2,1H3. The highest BCUT2D eigenvalue weighted by molar-refractivity contribution is 5.91. The van der Waals surface area contributed by atoms with Crippen LogP contribution in [0.4, 0.5) is 0 Å². The molecule has 0 saturated heterocycles. The van der Waals surface area contributed by atoms with Gasteiger partial charge in [0.25, 0.3) is 0 Å². The molecule has 3 aromatic rings. The number of benzene rings is 3. The van der Waals surface area contributed by atoms with Crippen molar-refractivity contribution >= 4 is 5.97 Å². The van der Waals surface area contributed by atoms with E-state index in [0.29, 0.717) is 17.9 Å². The van der Waals surface area contributed by atoms with Gasteiger partial charge in [-0.15, -0.1) is 0 Å². The summed E-state index contributed by atoms with van der Waals surface area (Å²) in [6.45, 7) is 2.74. The number of unbranched alkanes of at least 4 members (excludes halogenated alkanes) is 5. The topological polar surface area (TPSA) is 35.5 Å². The number of rotatable bonds is 12. The lowest BCUT2D eigenvalue weighted by molar-refractivity contribution is 0.0734. The molecular formula is C28H32O3. The highest BCUT2D eigenvalue weighted by Gasteiger charge is 2.09. The molecule has 0 radical (unpaired) electrons. The summed E-state index contributed by atoms with van der Waals surface area (Å²) in [7, 11) is 0. The Morgan fingerprint density at radius 1 is 0.677 bits per heavy atom. The van der Waals surface area contributed by atoms with Crippen molar-refractivity contribution in [3.63, 3.8) is 0 Å². The second-order valence-corrected chi connectivity index (χ2v) is 7.85. The third-order valence-electron chi connectivity index (χ3n) is 5.29. The summed E-state index contributed by atoms with van der Waals surface area (Å²) < 4.78 is 11.3. The van der Waals surface area contributed by atoms with E-state index in [1.54, 1.807) is 24.3 Å². The summed E-state index contributed by atoms with van der Waals surface area (Å²) in [6.07, 6.45) is 8.84. The molecule has 3 nitrogen and oxygen atoms in total. The number of ether oxygens (including phenoxy) is 2. The van der Waals surface area contributed by atoms with Crippen molar-refractivity contribution in [2.75, 3.05) is 0 Å². The van der Waals surface area contributed by atoms with Crippen molar-refractivity contribution in [3.8, 4) is 11.5 Å². The average molecular weight is 417 g/mol. The van der Waals surface area contributed by atoms with Gasteiger partial charge in [0.1, 0.15) is 18.1 Å². The molecule has 0 aromatic heterocycles. The molecule has 0 bridgehead atoms. The molecule has 0 fully saturated rings. The highest BCUT2D eigenvalue weighted by Crippen LogP contribution is 2.19. The minimum absolute atomic E-state index is 0.363. The van der Waals surface area contributed by atoms with E-state index in [4.69, 9.17) is 9.47 Å². The SMILES string of the molecule is CCCCCCCCc1ccc(OC(=O)c2ccc(OCc3ccccc3)cc2)cc1. The van der Waals surface area contributed by atoms with Crippen LogP contribution in [0.1, 0.15) is 66.9 Å². The molecule has 31 heavy (non-hydrogen) atoms. The molecule has 0 heterocycles. The Hall–Kier alpha value is -3.07. The number of aryl methyl sites for hydroxylation is 1. The number of hydrogen-bond donors (Lipinski definition) is 0. The molecule has 162 valence electrons. The maximum Gasteiger partial charge on any atom is 0.343 e. The van der Waals surface area contributed by atoms with Crippen LogP contribution in [-0.4, -0.2) is 5.97 Å². The van der Waals surface area contributed by atoms with E-state index in [-0.39, 0.29) is 5.97 Å². The molecule has 0 N–H and O–H groups in total. The summed E-state index contributed by atoms with van der Waals surface area (Å²) in [5, 5.41) is 0. The molecule has 0 atom stereocenters. The predicted octanol–water partition coefficient (Wildman–Crippen LogP) is 7.39. The van der Waals surface area contributed by atoms with E-state index in [1.165, 1.54) is 44.1 Å². The molecular weight excluding hydrogens is 384 g/mol. The van der Waals surface area contributed by atoms with E-state index in [1.807, 2.05) is 42.5 Å². The zero-order valence-electron chi connectivity index (χ0n) is 18.4. The van der Waals surface area contributed by atoms with E-state index in [9.17, 15) is 4.79 Å². The van der Waals surface area contributed by atoms with Gasteiger partial charge in [0, 0.05) is 0 Å². The fraction of sp³-hybridized carbons (Fsp3) is 0.321. The first-order valence-electron chi connectivity index (χ1n) is 11.3. The Bertz CT molecular complexity index is 899. The lowest BCUT2D eigenvalue weighted by atomic mass is 10.0. The Labute approximate surface area is 186 Å². The van der Waals surface area contributed by atoms with Crippen molar-refractivity contribution in [1.29, 1.82) is 0 Å². The van der Waals surface area contributed by atoms with Crippen LogP contribution in [0.25, 0.3) is 0 Å². The molecule has 0 saturated carbocycles. The number of carbonyl (C=O) groups is 1. The van der Waals surface area contributed by atoms with Crippen molar-refractivity contribution in [1.82, 2.24) is 0 Å². The molecule has 3 aromatic carbocycles. The van der Waals surface area contributed by atoms with Crippen molar-refractivity contribution in [2.45, 2.75) is 58.5 Å². The van der Waals surface area contributed by atoms with Gasteiger partial charge in [0.15, 0.2) is 0 Å². The molecule has 0 amide bonds. The maximum absolute atomic E-state index is 12.4. The number of esters is 1. The molecule has 0 spiro atoms. The lowest BCUT2D eigenvalue weighted by Gasteiger charge is -2.08. The fourth-order valence-electron chi connectivity index (χ4n) is 3.43. The molecule has 0 aliphatic heterocycles. The highest BCUT2D eigenvalue weighted by atomic mass is 16.5. The minimum Gasteiger partial charge on any atom is -0.489 e. The van der Waals surface area contributed by atoms with Crippen LogP contribution in [0, 0.1) is 0 Å². The van der Waals surface area contributed by atoms with Crippen molar-refractivity contribution in [2.24, 2.45) is 0 Å². The van der Waals surface area contributed by atoms with Gasteiger partial charge in [-0.05, 0) is 60.4 Å². The zero-order chi connectivity index (χ0) is 21.7. The Morgan fingerprint density at radius 3 is 2.03 bits per heavy atom. The Kier molecular flexibility index (Phi) is 9.18. The summed E-state index contributed by atoms with van der Waals surface area (Å²) in [6, 6.07) is 24.9. The van der Waals surface area contributed by atoms with Crippen molar-refractivity contribution in [3.05, 3.63) is 95.6 Å². The summed E-state index contributed by atoms with van der Waals surface area (Å²) >= 11 is 0. The third kappa shape index (κ3) is 7.93. The van der Waals surface area contributed by atoms with Gasteiger partial charge in [-0.1, -0.05) is 81.5 Å². The maximum atomic E-state index is 12.4. The van der Waals surface area contributed by atoms with Gasteiger partial charge in [0.2, 0.25) is 0 Å². The summed E-state index contributed by atoms with van der Waals surface area (Å²) in [5.41, 5.74) is 2.89. The van der Waals surface area contributed by atoms with Gasteiger partial charge in [-0.3, -0.25) is 0 Å². The summed E-state index contributed by atoms with van der Waals surface area (Å²) in [5.74, 6) is 0.929. The van der Waals surface area contributed by atoms with Crippen LogP contribution in [0.5, 0.6) is 11.5 Å². The van der Waals surface area contributed by atoms with Crippen LogP contribution in [0.3, 0.4) is 0 Å². The van der Waals surface area contributed by atoms with Gasteiger partial charge in [-0.2, -0.15) is 0 Å². The van der Waals surface area contributed by atoms with Crippen LogP contribution >= 0.6 is 0 Å². The smallest absolute Gasteiger partial charge is 0.343 e. The van der Waals surface area contributed by atoms with Gasteiger partial charge in [-0.25, -0.2) is 4.79 Å². The van der Waals surface area contributed by atoms with Crippen molar-refractivity contribution < 1.29 is 14.3 Å². The monoisotopic (exact) mass is 416 g/mol. The third-order valence-corrected chi connectivity index (χ3v) is 5.29. The first-order chi connectivity index (χ1) is 15.2. The molecule has 3 heteroatoms. The van der Waals surface area contributed by atoms with Gasteiger partial charge < -0.3 is 9.47 Å². The fourth-order valence-corrected chi connectivity index (χ4v) is 3.43. The molecule has 3 rings (SSSR count). The molecule has 0 aliphatic rings.